The van der Waals surface area contributed by atoms with Gasteiger partial charge in [-0.3, -0.25) is 0 Å². The van der Waals surface area contributed by atoms with E-state index in [2.05, 4.69) is 37.9 Å². The van der Waals surface area contributed by atoms with Crippen LogP contribution < -0.4 is 11.1 Å². The number of hydrogen-bond acceptors (Lipinski definition) is 4. The molecule has 1 rings (SSSR count). The number of nitrogens with one attached hydrogen (secondary N) is 1. The van der Waals surface area contributed by atoms with Crippen molar-refractivity contribution in [2.24, 2.45) is 17.1 Å². The molecule has 0 radical (unpaired) electrons. The van der Waals surface area contributed by atoms with Gasteiger partial charge in [-0.05, 0) is 30.6 Å². The Labute approximate surface area is 125 Å². The third kappa shape index (κ3) is 7.02. The van der Waals surface area contributed by atoms with E-state index in [1.165, 1.54) is 6.42 Å². The molecule has 1 aliphatic rings. The highest BCUT2D eigenvalue weighted by molar-refractivity contribution is 4.85. The molecule has 0 aromatic rings. The van der Waals surface area contributed by atoms with Crippen molar-refractivity contribution in [1.29, 1.82) is 0 Å². The predicted molar refractivity (Wildman–Crippen MR) is 85.8 cm³/mol. The van der Waals surface area contributed by atoms with Gasteiger partial charge in [-0.2, -0.15) is 0 Å². The summed E-state index contributed by atoms with van der Waals surface area (Å²) in [6.07, 6.45) is 2.80. The van der Waals surface area contributed by atoms with Crippen molar-refractivity contribution >= 4 is 0 Å². The Morgan fingerprint density at radius 3 is 2.60 bits per heavy atom. The Kier molecular flexibility index (Phi) is 7.45. The van der Waals surface area contributed by atoms with Crippen molar-refractivity contribution in [2.75, 3.05) is 32.7 Å². The fourth-order valence-corrected chi connectivity index (χ4v) is 2.99. The Morgan fingerprint density at radius 1 is 1.35 bits per heavy atom. The van der Waals surface area contributed by atoms with Gasteiger partial charge in [0.25, 0.3) is 0 Å². The van der Waals surface area contributed by atoms with Crippen LogP contribution in [0.3, 0.4) is 0 Å². The van der Waals surface area contributed by atoms with Crippen molar-refractivity contribution in [3.05, 3.63) is 0 Å². The summed E-state index contributed by atoms with van der Waals surface area (Å²) in [6.45, 7) is 13.7. The maximum atomic E-state index is 9.91. The molecule has 3 atom stereocenters. The standard InChI is InChI=1S/C16H35N3O/c1-5-15(20)9-13-8-14(18-12-16(2,3)4)11-19(10-13)7-6-17/h13-15,18,20H,5-12,17H2,1-4H3. The van der Waals surface area contributed by atoms with Crippen LogP contribution in [0.25, 0.3) is 0 Å². The molecule has 0 aliphatic carbocycles. The zero-order valence-electron chi connectivity index (χ0n) is 13.9. The minimum Gasteiger partial charge on any atom is -0.393 e. The second-order valence-corrected chi connectivity index (χ2v) is 7.59. The Morgan fingerprint density at radius 2 is 2.05 bits per heavy atom. The minimum atomic E-state index is -0.152. The maximum Gasteiger partial charge on any atom is 0.0540 e. The molecule has 4 N–H and O–H groups in total. The molecule has 1 heterocycles. The lowest BCUT2D eigenvalue weighted by Crippen LogP contribution is -2.52. The van der Waals surface area contributed by atoms with Crippen LogP contribution in [0.2, 0.25) is 0 Å². The summed E-state index contributed by atoms with van der Waals surface area (Å²) in [6, 6.07) is 0.531. The number of aliphatic hydroxyl groups is 1. The molecule has 1 saturated heterocycles. The van der Waals surface area contributed by atoms with Gasteiger partial charge in [-0.1, -0.05) is 27.7 Å². The quantitative estimate of drug-likeness (QED) is 0.662. The number of likely N-dealkylation sites (tertiary alicyclic amines) is 1. The van der Waals surface area contributed by atoms with Crippen LogP contribution in [-0.2, 0) is 0 Å². The number of hydrogen-bond donors (Lipinski definition) is 3. The van der Waals surface area contributed by atoms with Gasteiger partial charge in [-0.25, -0.2) is 0 Å². The zero-order chi connectivity index (χ0) is 15.2. The van der Waals surface area contributed by atoms with E-state index in [0.717, 1.165) is 45.6 Å². The largest absolute Gasteiger partial charge is 0.393 e. The van der Waals surface area contributed by atoms with Gasteiger partial charge in [0.05, 0.1) is 6.10 Å². The van der Waals surface area contributed by atoms with Crippen LogP contribution in [0.15, 0.2) is 0 Å². The van der Waals surface area contributed by atoms with E-state index in [1.807, 2.05) is 0 Å². The molecule has 0 bridgehead atoms. The average molecular weight is 285 g/mol. The number of nitrogens with zero attached hydrogens (tertiary/aromatic N) is 1. The van der Waals surface area contributed by atoms with Gasteiger partial charge in [-0.15, -0.1) is 0 Å². The van der Waals surface area contributed by atoms with Gasteiger partial charge in [0.15, 0.2) is 0 Å². The number of piperidine rings is 1. The van der Waals surface area contributed by atoms with E-state index in [-0.39, 0.29) is 6.10 Å². The summed E-state index contributed by atoms with van der Waals surface area (Å²) in [4.78, 5) is 2.46. The number of nitrogens with two attached hydrogens (primary N) is 1. The Balaban J connectivity index is 2.51. The van der Waals surface area contributed by atoms with E-state index >= 15 is 0 Å². The summed E-state index contributed by atoms with van der Waals surface area (Å²) >= 11 is 0. The fraction of sp³-hybridized carbons (Fsp3) is 1.00. The lowest BCUT2D eigenvalue weighted by molar-refractivity contribution is 0.0832. The van der Waals surface area contributed by atoms with E-state index in [9.17, 15) is 5.11 Å². The molecule has 0 saturated carbocycles. The molecule has 0 aromatic heterocycles. The first-order valence-electron chi connectivity index (χ1n) is 8.18. The Hall–Kier alpha value is -0.160. The molecule has 4 nitrogen and oxygen atoms in total. The monoisotopic (exact) mass is 285 g/mol. The summed E-state index contributed by atoms with van der Waals surface area (Å²) in [5.41, 5.74) is 6.02. The van der Waals surface area contributed by atoms with Gasteiger partial charge in [0.1, 0.15) is 0 Å². The number of aliphatic hydroxyl groups excluding tert-OH is 1. The lowest BCUT2D eigenvalue weighted by atomic mass is 9.88. The molecule has 1 fully saturated rings. The van der Waals surface area contributed by atoms with E-state index in [1.54, 1.807) is 0 Å². The summed E-state index contributed by atoms with van der Waals surface area (Å²) in [5.74, 6) is 0.586. The SMILES string of the molecule is CCC(O)CC1CC(NCC(C)(C)C)CN(CCN)C1. The molecular formula is C16H35N3O. The average Bonchev–Trinajstić information content (AvgIpc) is 2.35. The lowest BCUT2D eigenvalue weighted by Gasteiger charge is -2.39. The van der Waals surface area contributed by atoms with Crippen LogP contribution in [0.1, 0.15) is 47.0 Å². The van der Waals surface area contributed by atoms with Crippen molar-refractivity contribution in [3.63, 3.8) is 0 Å². The summed E-state index contributed by atoms with van der Waals surface area (Å²) < 4.78 is 0. The molecule has 1 aliphatic heterocycles. The van der Waals surface area contributed by atoms with Crippen LogP contribution in [0.5, 0.6) is 0 Å². The van der Waals surface area contributed by atoms with Crippen molar-refractivity contribution in [1.82, 2.24) is 10.2 Å². The Bertz CT molecular complexity index is 265. The maximum absolute atomic E-state index is 9.91. The fourth-order valence-electron chi connectivity index (χ4n) is 2.99. The van der Waals surface area contributed by atoms with E-state index in [4.69, 9.17) is 5.73 Å². The summed E-state index contributed by atoms with van der Waals surface area (Å²) in [7, 11) is 0. The number of rotatable bonds is 7. The summed E-state index contributed by atoms with van der Waals surface area (Å²) in [5, 5.41) is 13.6. The normalized spacial score (nSPS) is 26.7. The highest BCUT2D eigenvalue weighted by Crippen LogP contribution is 2.23. The van der Waals surface area contributed by atoms with Gasteiger partial charge in [0.2, 0.25) is 0 Å². The first-order valence-corrected chi connectivity index (χ1v) is 8.18. The zero-order valence-corrected chi connectivity index (χ0v) is 13.9. The molecule has 3 unspecified atom stereocenters. The van der Waals surface area contributed by atoms with Gasteiger partial charge >= 0.3 is 0 Å². The van der Waals surface area contributed by atoms with Crippen LogP contribution in [-0.4, -0.2) is 54.9 Å². The minimum absolute atomic E-state index is 0.152. The molecule has 20 heavy (non-hydrogen) atoms. The van der Waals surface area contributed by atoms with Gasteiger partial charge in [0, 0.05) is 38.8 Å². The van der Waals surface area contributed by atoms with Crippen molar-refractivity contribution in [3.8, 4) is 0 Å². The molecule has 4 heteroatoms. The van der Waals surface area contributed by atoms with Crippen LogP contribution >= 0.6 is 0 Å². The second kappa shape index (κ2) is 8.32. The molecule has 0 amide bonds. The van der Waals surface area contributed by atoms with E-state index in [0.29, 0.717) is 17.4 Å². The molecule has 0 spiro atoms. The van der Waals surface area contributed by atoms with Gasteiger partial charge < -0.3 is 21.1 Å². The van der Waals surface area contributed by atoms with Crippen LogP contribution in [0, 0.1) is 11.3 Å². The highest BCUT2D eigenvalue weighted by Gasteiger charge is 2.28. The second-order valence-electron chi connectivity index (χ2n) is 7.59. The van der Waals surface area contributed by atoms with Crippen molar-refractivity contribution in [2.45, 2.75) is 59.1 Å². The predicted octanol–water partition coefficient (Wildman–Crippen LogP) is 1.43. The van der Waals surface area contributed by atoms with Crippen molar-refractivity contribution < 1.29 is 5.11 Å². The molecular weight excluding hydrogens is 250 g/mol. The smallest absolute Gasteiger partial charge is 0.0540 e. The molecule has 120 valence electrons. The van der Waals surface area contributed by atoms with E-state index < -0.39 is 0 Å². The first-order chi connectivity index (χ1) is 9.34. The topological polar surface area (TPSA) is 61.5 Å². The highest BCUT2D eigenvalue weighted by atomic mass is 16.3. The third-order valence-corrected chi connectivity index (χ3v) is 4.06. The third-order valence-electron chi connectivity index (χ3n) is 4.06. The first kappa shape index (κ1) is 17.9. The molecule has 0 aromatic carbocycles. The van der Waals surface area contributed by atoms with Crippen LogP contribution in [0.4, 0.5) is 0 Å².